The summed E-state index contributed by atoms with van der Waals surface area (Å²) in [6.07, 6.45) is 10.7. The van der Waals surface area contributed by atoms with Crippen molar-refractivity contribution in [1.29, 1.82) is 0 Å². The van der Waals surface area contributed by atoms with Crippen molar-refractivity contribution >= 4 is 16.7 Å². The highest BCUT2D eigenvalue weighted by Gasteiger charge is 2.51. The molecular formula is C30H45N7O2. The number of anilines is 1. The van der Waals surface area contributed by atoms with E-state index in [4.69, 9.17) is 19.6 Å². The smallest absolute Gasteiger partial charge is 0.159 e. The topological polar surface area (TPSA) is 73.5 Å². The van der Waals surface area contributed by atoms with Gasteiger partial charge < -0.3 is 14.4 Å². The molecule has 3 aromatic rings. The van der Waals surface area contributed by atoms with Crippen molar-refractivity contribution in [3.63, 3.8) is 0 Å². The number of aryl methyl sites for hydroxylation is 3. The lowest BCUT2D eigenvalue weighted by atomic mass is 9.56. The van der Waals surface area contributed by atoms with E-state index in [-0.39, 0.29) is 0 Å². The number of fused-ring (bicyclic) bond motifs is 5. The minimum absolute atomic E-state index is 0.319. The lowest BCUT2D eigenvalue weighted by Crippen LogP contribution is -2.58. The van der Waals surface area contributed by atoms with Crippen molar-refractivity contribution in [2.24, 2.45) is 12.5 Å². The summed E-state index contributed by atoms with van der Waals surface area (Å²) in [5.74, 6) is 0. The van der Waals surface area contributed by atoms with Gasteiger partial charge in [-0.1, -0.05) is 0 Å². The van der Waals surface area contributed by atoms with E-state index in [9.17, 15) is 0 Å². The number of pyridine rings is 1. The molecule has 212 valence electrons. The molecule has 0 unspecified atom stereocenters. The molecule has 0 aromatic carbocycles. The molecule has 0 radical (unpaired) electrons. The summed E-state index contributed by atoms with van der Waals surface area (Å²) in [6, 6.07) is 2.21. The number of hydrogen-bond donors (Lipinski definition) is 0. The molecule has 4 aliphatic rings. The highest BCUT2D eigenvalue weighted by atomic mass is 16.5. The summed E-state index contributed by atoms with van der Waals surface area (Å²) in [7, 11) is 5.59. The van der Waals surface area contributed by atoms with Gasteiger partial charge in [0.25, 0.3) is 0 Å². The zero-order chi connectivity index (χ0) is 27.2. The van der Waals surface area contributed by atoms with Gasteiger partial charge in [-0.15, -0.1) is 0 Å². The molecule has 7 rings (SSSR count). The van der Waals surface area contributed by atoms with E-state index in [2.05, 4.69) is 39.5 Å². The maximum absolute atomic E-state index is 5.46. The number of aromatic nitrogens is 5. The Morgan fingerprint density at radius 2 is 1.69 bits per heavy atom. The summed E-state index contributed by atoms with van der Waals surface area (Å²) in [4.78, 5) is 9.91. The maximum Gasteiger partial charge on any atom is 0.159 e. The van der Waals surface area contributed by atoms with E-state index < -0.39 is 0 Å². The molecule has 4 heterocycles. The number of nitrogens with zero attached hydrogens (tertiary/aromatic N) is 7. The van der Waals surface area contributed by atoms with Gasteiger partial charge in [0.1, 0.15) is 0 Å². The Hall–Kier alpha value is -2.49. The Labute approximate surface area is 232 Å². The standard InChI is InChI=1S/C30H45N7O2/c1-22-18-27(24-19-31-34(3)28(24)32-22)35-13-6-26-25(20-35)23(2)33-37(26)21-29-7-10-30(11-8-29,12-9-29)36(14-16-38-4)15-17-39-5/h18-19H,6-17,20-21H2,1-5H3. The normalized spacial score (nSPS) is 24.7. The fourth-order valence-corrected chi connectivity index (χ4v) is 7.74. The predicted octanol–water partition coefficient (Wildman–Crippen LogP) is 4.03. The third kappa shape index (κ3) is 4.76. The van der Waals surface area contributed by atoms with Crippen LogP contribution in [0.3, 0.4) is 0 Å². The Morgan fingerprint density at radius 3 is 2.36 bits per heavy atom. The molecule has 0 saturated heterocycles. The summed E-state index contributed by atoms with van der Waals surface area (Å²) in [6.45, 7) is 10.8. The molecule has 0 amide bonds. The van der Waals surface area contributed by atoms with Crippen LogP contribution in [-0.2, 0) is 36.0 Å². The molecule has 3 fully saturated rings. The Morgan fingerprint density at radius 1 is 1.00 bits per heavy atom. The van der Waals surface area contributed by atoms with Gasteiger partial charge in [-0.25, -0.2) is 4.98 Å². The average molecular weight is 536 g/mol. The molecule has 39 heavy (non-hydrogen) atoms. The molecule has 0 spiro atoms. The van der Waals surface area contributed by atoms with Crippen LogP contribution in [-0.4, -0.2) is 82.1 Å². The van der Waals surface area contributed by atoms with E-state index in [1.165, 1.54) is 61.2 Å². The summed E-state index contributed by atoms with van der Waals surface area (Å²) in [5.41, 5.74) is 7.98. The largest absolute Gasteiger partial charge is 0.383 e. The molecule has 9 heteroatoms. The molecule has 2 bridgehead atoms. The van der Waals surface area contributed by atoms with Crippen molar-refractivity contribution in [1.82, 2.24) is 29.4 Å². The molecule has 3 aliphatic carbocycles. The van der Waals surface area contributed by atoms with Crippen LogP contribution in [0.2, 0.25) is 0 Å². The van der Waals surface area contributed by atoms with E-state index in [1.54, 1.807) is 0 Å². The molecule has 1 aliphatic heterocycles. The minimum atomic E-state index is 0.319. The summed E-state index contributed by atoms with van der Waals surface area (Å²) >= 11 is 0. The first kappa shape index (κ1) is 26.7. The zero-order valence-electron chi connectivity index (χ0n) is 24.5. The Balaban J connectivity index is 1.18. The Bertz CT molecular complexity index is 1300. The molecular weight excluding hydrogens is 490 g/mol. The second-order valence-electron chi connectivity index (χ2n) is 12.3. The van der Waals surface area contributed by atoms with E-state index in [1.807, 2.05) is 32.1 Å². The second kappa shape index (κ2) is 10.5. The van der Waals surface area contributed by atoms with Crippen LogP contribution in [0.25, 0.3) is 11.0 Å². The first-order valence-corrected chi connectivity index (χ1v) is 14.7. The first-order chi connectivity index (χ1) is 18.9. The predicted molar refractivity (Wildman–Crippen MR) is 153 cm³/mol. The second-order valence-corrected chi connectivity index (χ2v) is 12.3. The van der Waals surface area contributed by atoms with E-state index in [0.29, 0.717) is 11.0 Å². The lowest BCUT2D eigenvalue weighted by Gasteiger charge is -2.58. The first-order valence-electron chi connectivity index (χ1n) is 14.7. The van der Waals surface area contributed by atoms with Crippen molar-refractivity contribution in [2.75, 3.05) is 52.0 Å². The molecule has 9 nitrogen and oxygen atoms in total. The van der Waals surface area contributed by atoms with Gasteiger partial charge in [0, 0.05) is 82.9 Å². The van der Waals surface area contributed by atoms with Gasteiger partial charge in [0.05, 0.1) is 36.2 Å². The van der Waals surface area contributed by atoms with Crippen molar-refractivity contribution in [3.8, 4) is 0 Å². The SMILES string of the molecule is COCCN(CCOC)C12CCC(Cn3nc(C)c4c3CCN(c3cc(C)nc5c3cnn5C)C4)(CC1)CC2. The van der Waals surface area contributed by atoms with Crippen LogP contribution in [0.5, 0.6) is 0 Å². The van der Waals surface area contributed by atoms with Gasteiger partial charge in [-0.3, -0.25) is 14.3 Å². The van der Waals surface area contributed by atoms with Crippen molar-refractivity contribution in [3.05, 3.63) is 34.9 Å². The summed E-state index contributed by atoms with van der Waals surface area (Å²) in [5, 5.41) is 10.8. The van der Waals surface area contributed by atoms with Crippen LogP contribution < -0.4 is 4.90 Å². The van der Waals surface area contributed by atoms with Crippen molar-refractivity contribution < 1.29 is 9.47 Å². The Kier molecular flexibility index (Phi) is 7.18. The average Bonchev–Trinajstić information content (AvgIpc) is 3.47. The van der Waals surface area contributed by atoms with Crippen LogP contribution in [0.1, 0.15) is 61.2 Å². The number of rotatable bonds is 10. The molecule has 3 aromatic heterocycles. The zero-order valence-corrected chi connectivity index (χ0v) is 24.5. The van der Waals surface area contributed by atoms with Gasteiger partial charge >= 0.3 is 0 Å². The molecule has 0 N–H and O–H groups in total. The minimum Gasteiger partial charge on any atom is -0.383 e. The number of hydrogen-bond acceptors (Lipinski definition) is 7. The lowest BCUT2D eigenvalue weighted by molar-refractivity contribution is -0.0743. The third-order valence-corrected chi connectivity index (χ3v) is 10.1. The van der Waals surface area contributed by atoms with Gasteiger partial charge in [0.15, 0.2) is 5.65 Å². The van der Waals surface area contributed by atoms with Gasteiger partial charge in [-0.2, -0.15) is 10.2 Å². The van der Waals surface area contributed by atoms with Crippen LogP contribution in [0.4, 0.5) is 5.69 Å². The quantitative estimate of drug-likeness (QED) is 0.388. The van der Waals surface area contributed by atoms with Crippen molar-refractivity contribution in [2.45, 2.75) is 77.4 Å². The molecule has 3 saturated carbocycles. The number of methoxy groups -OCH3 is 2. The van der Waals surface area contributed by atoms with E-state index in [0.717, 1.165) is 69.1 Å². The van der Waals surface area contributed by atoms with Crippen LogP contribution in [0, 0.1) is 19.3 Å². The third-order valence-electron chi connectivity index (χ3n) is 10.1. The van der Waals surface area contributed by atoms with Gasteiger partial charge in [0.2, 0.25) is 0 Å². The highest BCUT2D eigenvalue weighted by molar-refractivity contribution is 5.89. The number of ether oxygens (including phenoxy) is 2. The van der Waals surface area contributed by atoms with Gasteiger partial charge in [-0.05, 0) is 63.9 Å². The van der Waals surface area contributed by atoms with Crippen LogP contribution >= 0.6 is 0 Å². The summed E-state index contributed by atoms with van der Waals surface area (Å²) < 4.78 is 15.2. The maximum atomic E-state index is 5.46. The van der Waals surface area contributed by atoms with E-state index >= 15 is 0 Å². The fourth-order valence-electron chi connectivity index (χ4n) is 7.74. The van der Waals surface area contributed by atoms with Crippen LogP contribution in [0.15, 0.2) is 12.3 Å². The highest BCUT2D eigenvalue weighted by Crippen LogP contribution is 2.55. The monoisotopic (exact) mass is 535 g/mol. The molecule has 0 atom stereocenters. The fraction of sp³-hybridized carbons (Fsp3) is 0.700.